The Kier molecular flexibility index (Phi) is 3.43. The molecule has 0 aromatic heterocycles. The summed E-state index contributed by atoms with van der Waals surface area (Å²) in [6.45, 7) is 8.65. The summed E-state index contributed by atoms with van der Waals surface area (Å²) in [7, 11) is 0. The van der Waals surface area contributed by atoms with E-state index in [1.165, 1.54) is 6.42 Å². The number of nitrogens with one attached hydrogen (secondary N) is 1. The second-order valence-electron chi connectivity index (χ2n) is 7.30. The molecule has 2 saturated carbocycles. The number of hydrogen-bond acceptors (Lipinski definition) is 1. The lowest BCUT2D eigenvalue weighted by Crippen LogP contribution is -2.46. The number of alkyl halides is 2. The lowest BCUT2D eigenvalue weighted by Gasteiger charge is -2.39. The van der Waals surface area contributed by atoms with Crippen molar-refractivity contribution in [2.24, 2.45) is 16.7 Å². The molecule has 3 atom stereocenters. The van der Waals surface area contributed by atoms with E-state index in [2.05, 4.69) is 26.1 Å². The lowest BCUT2D eigenvalue weighted by atomic mass is 9.70. The largest absolute Gasteiger partial charge is 0.353 e. The molecule has 0 aliphatic heterocycles. The van der Waals surface area contributed by atoms with Crippen molar-refractivity contribution >= 4 is 29.1 Å². The van der Waals surface area contributed by atoms with Gasteiger partial charge in [0.25, 0.3) is 0 Å². The molecular weight excluding hydrogens is 269 g/mol. The smallest absolute Gasteiger partial charge is 0.229 e. The zero-order valence-corrected chi connectivity index (χ0v) is 13.2. The van der Waals surface area contributed by atoms with Crippen LogP contribution >= 0.6 is 23.2 Å². The predicted molar refractivity (Wildman–Crippen MR) is 75.9 cm³/mol. The second kappa shape index (κ2) is 4.28. The minimum absolute atomic E-state index is 0.0161. The third-order valence-electron chi connectivity index (χ3n) is 4.48. The Bertz CT molecular complexity index is 367. The van der Waals surface area contributed by atoms with Crippen LogP contribution in [0.3, 0.4) is 0 Å². The molecule has 4 heteroatoms. The Balaban J connectivity index is 1.96. The summed E-state index contributed by atoms with van der Waals surface area (Å²) in [5.41, 5.74) is -0.292. The molecule has 0 aromatic carbocycles. The van der Waals surface area contributed by atoms with Crippen molar-refractivity contribution in [3.63, 3.8) is 0 Å². The van der Waals surface area contributed by atoms with Crippen molar-refractivity contribution in [2.45, 2.75) is 63.8 Å². The number of halogens is 2. The Hall–Kier alpha value is 0.0500. The Morgan fingerprint density at radius 2 is 1.78 bits per heavy atom. The topological polar surface area (TPSA) is 29.1 Å². The first-order valence-electron chi connectivity index (χ1n) is 6.75. The average molecular weight is 292 g/mol. The highest BCUT2D eigenvalue weighted by Crippen LogP contribution is 2.63. The molecule has 0 saturated heterocycles. The molecule has 0 unspecified atom stereocenters. The molecule has 2 nitrogen and oxygen atoms in total. The molecule has 0 bridgehead atoms. The van der Waals surface area contributed by atoms with Crippen molar-refractivity contribution < 1.29 is 4.79 Å². The Morgan fingerprint density at radius 3 is 2.22 bits per heavy atom. The second-order valence-corrected chi connectivity index (χ2v) is 8.78. The van der Waals surface area contributed by atoms with E-state index in [1.807, 2.05) is 6.92 Å². The predicted octanol–water partition coefficient (Wildman–Crippen LogP) is 3.90. The molecule has 2 aliphatic rings. The van der Waals surface area contributed by atoms with E-state index in [-0.39, 0.29) is 11.9 Å². The van der Waals surface area contributed by atoms with Gasteiger partial charge in [0.05, 0.1) is 5.41 Å². The van der Waals surface area contributed by atoms with E-state index in [0.29, 0.717) is 17.8 Å². The maximum atomic E-state index is 12.2. The zero-order chi connectivity index (χ0) is 13.8. The standard InChI is InChI=1S/C14H23Cl2NO/c1-9-5-10(7-12(2,3)6-9)17-11(18)13(4)8-14(13,15)16/h9-10H,5-8H2,1-4H3,(H,17,18)/t9-,10-,13-/m0/s1. The van der Waals surface area contributed by atoms with Crippen molar-refractivity contribution in [2.75, 3.05) is 0 Å². The van der Waals surface area contributed by atoms with Crippen molar-refractivity contribution in [3.05, 3.63) is 0 Å². The first-order chi connectivity index (χ1) is 8.06. The summed E-state index contributed by atoms with van der Waals surface area (Å²) in [5.74, 6) is 0.671. The van der Waals surface area contributed by atoms with Gasteiger partial charge in [-0.05, 0) is 43.9 Å². The quantitative estimate of drug-likeness (QED) is 0.768. The van der Waals surface area contributed by atoms with Crippen LogP contribution in [0, 0.1) is 16.7 Å². The van der Waals surface area contributed by atoms with Crippen LogP contribution in [-0.4, -0.2) is 16.3 Å². The summed E-state index contributed by atoms with van der Waals surface area (Å²) in [4.78, 5) is 12.2. The van der Waals surface area contributed by atoms with Crippen molar-refractivity contribution in [1.29, 1.82) is 0 Å². The number of amides is 1. The van der Waals surface area contributed by atoms with E-state index in [9.17, 15) is 4.79 Å². The third kappa shape index (κ3) is 2.65. The average Bonchev–Trinajstić information content (AvgIpc) is 2.63. The van der Waals surface area contributed by atoms with Crippen LogP contribution in [-0.2, 0) is 4.79 Å². The molecule has 0 spiro atoms. The van der Waals surface area contributed by atoms with Crippen LogP contribution in [0.25, 0.3) is 0 Å². The highest BCUT2D eigenvalue weighted by atomic mass is 35.5. The van der Waals surface area contributed by atoms with Crippen LogP contribution < -0.4 is 5.32 Å². The molecule has 0 radical (unpaired) electrons. The third-order valence-corrected chi connectivity index (χ3v) is 5.58. The lowest BCUT2D eigenvalue weighted by molar-refractivity contribution is -0.127. The monoisotopic (exact) mass is 291 g/mol. The van der Waals surface area contributed by atoms with E-state index < -0.39 is 9.75 Å². The van der Waals surface area contributed by atoms with Gasteiger partial charge in [-0.3, -0.25) is 4.79 Å². The normalized spacial score (nSPS) is 41.2. The summed E-state index contributed by atoms with van der Waals surface area (Å²) in [6.07, 6.45) is 3.88. The highest BCUT2D eigenvalue weighted by Gasteiger charge is 2.68. The van der Waals surface area contributed by atoms with Crippen molar-refractivity contribution in [1.82, 2.24) is 5.32 Å². The van der Waals surface area contributed by atoms with Gasteiger partial charge in [-0.25, -0.2) is 0 Å². The van der Waals surface area contributed by atoms with Gasteiger partial charge in [0, 0.05) is 6.04 Å². The Labute approximate surface area is 120 Å². The maximum Gasteiger partial charge on any atom is 0.229 e. The molecule has 0 heterocycles. The van der Waals surface area contributed by atoms with E-state index in [4.69, 9.17) is 23.2 Å². The molecule has 2 aliphatic carbocycles. The zero-order valence-electron chi connectivity index (χ0n) is 11.6. The highest BCUT2D eigenvalue weighted by molar-refractivity contribution is 6.53. The molecule has 0 aromatic rings. The Morgan fingerprint density at radius 1 is 1.22 bits per heavy atom. The minimum Gasteiger partial charge on any atom is -0.353 e. The molecule has 1 amide bonds. The van der Waals surface area contributed by atoms with E-state index in [0.717, 1.165) is 12.8 Å². The first-order valence-corrected chi connectivity index (χ1v) is 7.50. The molecular formula is C14H23Cl2NO. The number of carbonyl (C=O) groups excluding carboxylic acids is 1. The fraction of sp³-hybridized carbons (Fsp3) is 0.929. The van der Waals surface area contributed by atoms with Crippen molar-refractivity contribution in [3.8, 4) is 0 Å². The summed E-state index contributed by atoms with van der Waals surface area (Å²) in [6, 6.07) is 0.262. The van der Waals surface area contributed by atoms with Gasteiger partial charge in [-0.15, -0.1) is 23.2 Å². The number of rotatable bonds is 2. The SMILES string of the molecule is C[C@H]1C[C@H](NC(=O)[C@]2(C)CC2(Cl)Cl)CC(C)(C)C1. The number of carbonyl (C=O) groups is 1. The van der Waals surface area contributed by atoms with Crippen LogP contribution in [0.2, 0.25) is 0 Å². The summed E-state index contributed by atoms with van der Waals surface area (Å²) < 4.78 is -0.868. The molecule has 1 N–H and O–H groups in total. The number of hydrogen-bond donors (Lipinski definition) is 1. The van der Waals surface area contributed by atoms with Crippen LogP contribution in [0.15, 0.2) is 0 Å². The fourth-order valence-electron chi connectivity index (χ4n) is 3.45. The van der Waals surface area contributed by atoms with Gasteiger partial charge < -0.3 is 5.32 Å². The van der Waals surface area contributed by atoms with E-state index >= 15 is 0 Å². The maximum absolute atomic E-state index is 12.2. The summed E-state index contributed by atoms with van der Waals surface area (Å²) >= 11 is 12.1. The van der Waals surface area contributed by atoms with Gasteiger partial charge >= 0.3 is 0 Å². The fourth-order valence-corrected chi connectivity index (χ4v) is 4.15. The summed E-state index contributed by atoms with van der Waals surface area (Å²) in [5, 5.41) is 3.16. The molecule has 2 fully saturated rings. The van der Waals surface area contributed by atoms with Crippen LogP contribution in [0.5, 0.6) is 0 Å². The minimum atomic E-state index is -0.868. The van der Waals surface area contributed by atoms with Gasteiger partial charge in [-0.1, -0.05) is 20.8 Å². The van der Waals surface area contributed by atoms with E-state index in [1.54, 1.807) is 0 Å². The van der Waals surface area contributed by atoms with Gasteiger partial charge in [-0.2, -0.15) is 0 Å². The van der Waals surface area contributed by atoms with Gasteiger partial charge in [0.2, 0.25) is 5.91 Å². The molecule has 2 rings (SSSR count). The first kappa shape index (κ1) is 14.5. The van der Waals surface area contributed by atoms with Crippen LogP contribution in [0.4, 0.5) is 0 Å². The molecule has 18 heavy (non-hydrogen) atoms. The van der Waals surface area contributed by atoms with Crippen LogP contribution in [0.1, 0.15) is 53.4 Å². The van der Waals surface area contributed by atoms with Gasteiger partial charge in [0.15, 0.2) is 0 Å². The van der Waals surface area contributed by atoms with Gasteiger partial charge in [0.1, 0.15) is 4.33 Å². The molecule has 104 valence electrons.